The number of amides is 1. The Labute approximate surface area is 149 Å². The normalized spacial score (nSPS) is 11.9. The van der Waals surface area contributed by atoms with Crippen molar-refractivity contribution in [1.82, 2.24) is 15.1 Å². The predicted molar refractivity (Wildman–Crippen MR) is 97.1 cm³/mol. The molecule has 0 aliphatic heterocycles. The van der Waals surface area contributed by atoms with Crippen LogP contribution in [-0.4, -0.2) is 36.5 Å². The molecule has 0 saturated heterocycles. The zero-order valence-electron chi connectivity index (χ0n) is 15.6. The molecule has 0 radical (unpaired) electrons. The second-order valence-electron chi connectivity index (χ2n) is 6.37. The summed E-state index contributed by atoms with van der Waals surface area (Å²) in [6, 6.07) is 7.52. The SMILES string of the molecule is COc1ccc(OC)c(CC(=O)NCC(C)Cn2nc(C)cc2C)c1. The molecule has 1 atom stereocenters. The number of hydrogen-bond donors (Lipinski definition) is 1. The van der Waals surface area contributed by atoms with Crippen LogP contribution in [0.3, 0.4) is 0 Å². The summed E-state index contributed by atoms with van der Waals surface area (Å²) in [6.45, 7) is 7.51. The molecule has 6 nitrogen and oxygen atoms in total. The second-order valence-corrected chi connectivity index (χ2v) is 6.37. The van der Waals surface area contributed by atoms with E-state index in [1.54, 1.807) is 14.2 Å². The van der Waals surface area contributed by atoms with Crippen LogP contribution in [0.4, 0.5) is 0 Å². The molecule has 6 heteroatoms. The molecule has 25 heavy (non-hydrogen) atoms. The summed E-state index contributed by atoms with van der Waals surface area (Å²) in [6.07, 6.45) is 0.257. The van der Waals surface area contributed by atoms with E-state index in [-0.39, 0.29) is 18.2 Å². The summed E-state index contributed by atoms with van der Waals surface area (Å²) in [4.78, 5) is 12.3. The van der Waals surface area contributed by atoms with E-state index < -0.39 is 0 Å². The molecule has 2 aromatic rings. The summed E-state index contributed by atoms with van der Waals surface area (Å²) < 4.78 is 12.5. The van der Waals surface area contributed by atoms with Crippen LogP contribution in [0.5, 0.6) is 11.5 Å². The lowest BCUT2D eigenvalue weighted by Crippen LogP contribution is -2.31. The van der Waals surface area contributed by atoms with Gasteiger partial charge < -0.3 is 14.8 Å². The van der Waals surface area contributed by atoms with Crippen molar-refractivity contribution >= 4 is 5.91 Å². The van der Waals surface area contributed by atoms with Gasteiger partial charge in [0, 0.05) is 24.3 Å². The summed E-state index contributed by atoms with van der Waals surface area (Å²) >= 11 is 0. The number of ether oxygens (including phenoxy) is 2. The van der Waals surface area contributed by atoms with Crippen molar-refractivity contribution in [2.24, 2.45) is 5.92 Å². The minimum absolute atomic E-state index is 0.0354. The predicted octanol–water partition coefficient (Wildman–Crippen LogP) is 2.51. The quantitative estimate of drug-likeness (QED) is 0.798. The minimum Gasteiger partial charge on any atom is -0.497 e. The molecule has 1 unspecified atom stereocenters. The van der Waals surface area contributed by atoms with Crippen molar-refractivity contribution in [3.8, 4) is 11.5 Å². The van der Waals surface area contributed by atoms with Gasteiger partial charge >= 0.3 is 0 Å². The Kier molecular flexibility index (Phi) is 6.44. The maximum atomic E-state index is 12.3. The van der Waals surface area contributed by atoms with Crippen LogP contribution in [0.2, 0.25) is 0 Å². The number of aromatic nitrogens is 2. The first-order valence-corrected chi connectivity index (χ1v) is 8.41. The number of aryl methyl sites for hydroxylation is 2. The molecule has 1 N–H and O–H groups in total. The monoisotopic (exact) mass is 345 g/mol. The van der Waals surface area contributed by atoms with Crippen LogP contribution in [0.25, 0.3) is 0 Å². The Hall–Kier alpha value is -2.50. The molecule has 0 bridgehead atoms. The van der Waals surface area contributed by atoms with E-state index in [1.807, 2.05) is 36.7 Å². The highest BCUT2D eigenvalue weighted by Gasteiger charge is 2.12. The lowest BCUT2D eigenvalue weighted by atomic mass is 10.1. The van der Waals surface area contributed by atoms with Gasteiger partial charge in [-0.15, -0.1) is 0 Å². The van der Waals surface area contributed by atoms with E-state index in [0.29, 0.717) is 18.0 Å². The third-order valence-electron chi connectivity index (χ3n) is 4.07. The van der Waals surface area contributed by atoms with E-state index in [2.05, 4.69) is 23.4 Å². The molecule has 1 amide bonds. The van der Waals surface area contributed by atoms with Crippen molar-refractivity contribution in [3.05, 3.63) is 41.2 Å². The first-order chi connectivity index (χ1) is 11.9. The zero-order chi connectivity index (χ0) is 18.4. The molecular weight excluding hydrogens is 318 g/mol. The number of methoxy groups -OCH3 is 2. The largest absolute Gasteiger partial charge is 0.497 e. The molecule has 1 aromatic heterocycles. The Morgan fingerprint density at radius 2 is 2.00 bits per heavy atom. The topological polar surface area (TPSA) is 65.4 Å². The number of hydrogen-bond acceptors (Lipinski definition) is 4. The van der Waals surface area contributed by atoms with E-state index in [0.717, 1.165) is 23.5 Å². The van der Waals surface area contributed by atoms with Crippen molar-refractivity contribution in [3.63, 3.8) is 0 Å². The fraction of sp³-hybridized carbons (Fsp3) is 0.474. The van der Waals surface area contributed by atoms with E-state index in [1.165, 1.54) is 0 Å². The van der Waals surface area contributed by atoms with Crippen LogP contribution in [-0.2, 0) is 17.8 Å². The lowest BCUT2D eigenvalue weighted by Gasteiger charge is -2.15. The number of nitrogens with zero attached hydrogens (tertiary/aromatic N) is 2. The highest BCUT2D eigenvalue weighted by atomic mass is 16.5. The van der Waals surface area contributed by atoms with Crippen LogP contribution in [0, 0.1) is 19.8 Å². The van der Waals surface area contributed by atoms with E-state index in [9.17, 15) is 4.79 Å². The number of rotatable bonds is 8. The Bertz CT molecular complexity index is 725. The van der Waals surface area contributed by atoms with Gasteiger partial charge in [0.05, 0.1) is 26.3 Å². The molecule has 0 spiro atoms. The average molecular weight is 345 g/mol. The van der Waals surface area contributed by atoms with Gasteiger partial charge in [0.2, 0.25) is 5.91 Å². The molecule has 0 aliphatic carbocycles. The lowest BCUT2D eigenvalue weighted by molar-refractivity contribution is -0.120. The highest BCUT2D eigenvalue weighted by molar-refractivity contribution is 5.79. The first kappa shape index (κ1) is 18.8. The molecule has 2 rings (SSSR count). The molecule has 0 aliphatic rings. The van der Waals surface area contributed by atoms with Gasteiger partial charge in [-0.05, 0) is 44.0 Å². The van der Waals surface area contributed by atoms with Gasteiger partial charge in [0.25, 0.3) is 0 Å². The maximum absolute atomic E-state index is 12.3. The van der Waals surface area contributed by atoms with Crippen LogP contribution < -0.4 is 14.8 Å². The van der Waals surface area contributed by atoms with E-state index in [4.69, 9.17) is 9.47 Å². The van der Waals surface area contributed by atoms with E-state index >= 15 is 0 Å². The average Bonchev–Trinajstić information content (AvgIpc) is 2.90. The Morgan fingerprint density at radius 1 is 1.24 bits per heavy atom. The van der Waals surface area contributed by atoms with Crippen LogP contribution >= 0.6 is 0 Å². The third-order valence-corrected chi connectivity index (χ3v) is 4.07. The van der Waals surface area contributed by atoms with Gasteiger partial charge in [0.1, 0.15) is 11.5 Å². The number of nitrogens with one attached hydrogen (secondary N) is 1. The number of carbonyl (C=O) groups excluding carboxylic acids is 1. The molecule has 0 fully saturated rings. The molecule has 136 valence electrons. The third kappa shape index (κ3) is 5.24. The number of benzene rings is 1. The van der Waals surface area contributed by atoms with Crippen molar-refractivity contribution < 1.29 is 14.3 Å². The second kappa shape index (κ2) is 8.55. The summed E-state index contributed by atoms with van der Waals surface area (Å²) in [5.74, 6) is 1.65. The summed E-state index contributed by atoms with van der Waals surface area (Å²) in [5, 5.41) is 7.45. The number of carbonyl (C=O) groups is 1. The van der Waals surface area contributed by atoms with Gasteiger partial charge in [-0.25, -0.2) is 0 Å². The van der Waals surface area contributed by atoms with Gasteiger partial charge in [-0.3, -0.25) is 9.48 Å². The fourth-order valence-corrected chi connectivity index (χ4v) is 2.76. The highest BCUT2D eigenvalue weighted by Crippen LogP contribution is 2.24. The fourth-order valence-electron chi connectivity index (χ4n) is 2.76. The smallest absolute Gasteiger partial charge is 0.224 e. The van der Waals surface area contributed by atoms with Gasteiger partial charge in [-0.1, -0.05) is 6.92 Å². The van der Waals surface area contributed by atoms with Crippen molar-refractivity contribution in [2.45, 2.75) is 33.7 Å². The summed E-state index contributed by atoms with van der Waals surface area (Å²) in [5.41, 5.74) is 2.96. The summed E-state index contributed by atoms with van der Waals surface area (Å²) in [7, 11) is 3.20. The maximum Gasteiger partial charge on any atom is 0.224 e. The Morgan fingerprint density at radius 3 is 2.60 bits per heavy atom. The van der Waals surface area contributed by atoms with Crippen LogP contribution in [0.15, 0.2) is 24.3 Å². The molecule has 0 saturated carbocycles. The molecule has 1 heterocycles. The molecular formula is C19H27N3O3. The van der Waals surface area contributed by atoms with Crippen molar-refractivity contribution in [2.75, 3.05) is 20.8 Å². The zero-order valence-corrected chi connectivity index (χ0v) is 15.6. The van der Waals surface area contributed by atoms with Gasteiger partial charge in [0.15, 0.2) is 0 Å². The molecule has 1 aromatic carbocycles. The van der Waals surface area contributed by atoms with Gasteiger partial charge in [-0.2, -0.15) is 5.10 Å². The Balaban J connectivity index is 1.89. The van der Waals surface area contributed by atoms with Crippen molar-refractivity contribution in [1.29, 1.82) is 0 Å². The first-order valence-electron chi connectivity index (χ1n) is 8.41. The standard InChI is InChI=1S/C19H27N3O3/c1-13(12-22-15(3)8-14(2)21-22)11-20-19(23)10-16-9-17(24-4)6-7-18(16)25-5/h6-9,13H,10-12H2,1-5H3,(H,20,23). The minimum atomic E-state index is -0.0354. The van der Waals surface area contributed by atoms with Crippen LogP contribution in [0.1, 0.15) is 23.9 Å².